The molecule has 0 radical (unpaired) electrons. The first-order valence-corrected chi connectivity index (χ1v) is 14.4. The lowest BCUT2D eigenvalue weighted by Crippen LogP contribution is -2.44. The lowest BCUT2D eigenvalue weighted by Gasteiger charge is -2.29. The van der Waals surface area contributed by atoms with Crippen LogP contribution in [-0.2, 0) is 27.3 Å². The van der Waals surface area contributed by atoms with Crippen molar-refractivity contribution in [3.8, 4) is 11.5 Å². The number of methoxy groups -OCH3 is 1. The number of nitrogens with one attached hydrogen (secondary N) is 1. The highest BCUT2D eigenvalue weighted by molar-refractivity contribution is 8.18. The van der Waals surface area contributed by atoms with Crippen LogP contribution >= 0.6 is 23.4 Å². The Bertz CT molecular complexity index is 1590. The number of hydrogen-bond donors (Lipinski definition) is 1. The second-order valence-electron chi connectivity index (χ2n) is 9.84. The predicted molar refractivity (Wildman–Crippen MR) is 162 cm³/mol. The van der Waals surface area contributed by atoms with Gasteiger partial charge in [0, 0.05) is 18.8 Å². The Kier molecular flexibility index (Phi) is 8.84. The van der Waals surface area contributed by atoms with Crippen molar-refractivity contribution in [1.82, 2.24) is 9.80 Å². The molecular weight excluding hydrogens is 578 g/mol. The number of carbonyl (C=O) groups is 4. The van der Waals surface area contributed by atoms with Crippen molar-refractivity contribution in [3.05, 3.63) is 92.8 Å². The molecule has 1 fully saturated rings. The summed E-state index contributed by atoms with van der Waals surface area (Å²) < 4.78 is 11.1. The number of rotatable bonds is 8. The summed E-state index contributed by atoms with van der Waals surface area (Å²) in [6, 6.07) is 18.4. The standard InChI is InChI=1S/C31H28ClN3O6S/c1-19-7-9-23(10-8-19)33-27(36)18-41-29-24(32)13-20(14-25(29)40-2)15-26-30(38)35(31(39)42-26)17-28(37)34-12-11-21-5-3-4-6-22(21)16-34/h3-10,13-15H,11-12,16-18H2,1-2H3,(H,33,36)/b26-15-. The van der Waals surface area contributed by atoms with E-state index in [1.165, 1.54) is 18.7 Å². The van der Waals surface area contributed by atoms with Crippen molar-refractivity contribution < 1.29 is 28.7 Å². The van der Waals surface area contributed by atoms with Crippen LogP contribution in [-0.4, -0.2) is 59.6 Å². The van der Waals surface area contributed by atoms with E-state index in [4.69, 9.17) is 21.1 Å². The first kappa shape index (κ1) is 29.2. The average molecular weight is 606 g/mol. The molecule has 0 atom stereocenters. The first-order valence-electron chi connectivity index (χ1n) is 13.2. The highest BCUT2D eigenvalue weighted by atomic mass is 35.5. The maximum atomic E-state index is 13.1. The summed E-state index contributed by atoms with van der Waals surface area (Å²) in [5.41, 5.74) is 4.46. The smallest absolute Gasteiger partial charge is 0.294 e. The van der Waals surface area contributed by atoms with Crippen LogP contribution in [0.5, 0.6) is 11.5 Å². The van der Waals surface area contributed by atoms with E-state index in [-0.39, 0.29) is 46.4 Å². The van der Waals surface area contributed by atoms with E-state index in [0.717, 1.165) is 34.2 Å². The molecule has 11 heteroatoms. The normalized spacial score (nSPS) is 15.5. The molecular formula is C31H28ClN3O6S. The fourth-order valence-corrected chi connectivity index (χ4v) is 5.78. The van der Waals surface area contributed by atoms with E-state index < -0.39 is 11.1 Å². The molecule has 9 nitrogen and oxygen atoms in total. The number of imide groups is 1. The SMILES string of the molecule is COc1cc(/C=C2\SC(=O)N(CC(=O)N3CCc4ccccc4C3)C2=O)cc(Cl)c1OCC(=O)Nc1ccc(C)cc1. The number of amides is 4. The molecule has 0 unspecified atom stereocenters. The number of carbonyl (C=O) groups excluding carboxylic acids is 4. The molecule has 0 bridgehead atoms. The Balaban J connectivity index is 1.23. The Labute approximate surface area is 252 Å². The third kappa shape index (κ3) is 6.61. The second kappa shape index (κ2) is 12.7. The van der Waals surface area contributed by atoms with Gasteiger partial charge in [0.05, 0.1) is 17.0 Å². The molecule has 3 aromatic carbocycles. The zero-order chi connectivity index (χ0) is 29.8. The van der Waals surface area contributed by atoms with Gasteiger partial charge in [-0.25, -0.2) is 0 Å². The van der Waals surface area contributed by atoms with E-state index in [1.54, 1.807) is 29.2 Å². The molecule has 5 rings (SSSR count). The van der Waals surface area contributed by atoms with Crippen LogP contribution in [0.15, 0.2) is 65.6 Å². The second-order valence-corrected chi connectivity index (χ2v) is 11.2. The van der Waals surface area contributed by atoms with Crippen LogP contribution < -0.4 is 14.8 Å². The summed E-state index contributed by atoms with van der Waals surface area (Å²) in [4.78, 5) is 53.9. The van der Waals surface area contributed by atoms with Gasteiger partial charge in [-0.15, -0.1) is 0 Å². The number of nitrogens with zero attached hydrogens (tertiary/aromatic N) is 2. The fourth-order valence-electron chi connectivity index (χ4n) is 4.67. The van der Waals surface area contributed by atoms with E-state index in [0.29, 0.717) is 24.3 Å². The Morgan fingerprint density at radius 1 is 1.07 bits per heavy atom. The zero-order valence-corrected chi connectivity index (χ0v) is 24.6. The number of fused-ring (bicyclic) bond motifs is 1. The molecule has 42 heavy (non-hydrogen) atoms. The minimum absolute atomic E-state index is 0.154. The Morgan fingerprint density at radius 3 is 2.55 bits per heavy atom. The third-order valence-corrected chi connectivity index (χ3v) is 8.07. The van der Waals surface area contributed by atoms with Crippen molar-refractivity contribution in [1.29, 1.82) is 0 Å². The number of hydrogen-bond acceptors (Lipinski definition) is 7. The number of thioether (sulfide) groups is 1. The van der Waals surface area contributed by atoms with Gasteiger partial charge in [-0.05, 0) is 72.1 Å². The van der Waals surface area contributed by atoms with Gasteiger partial charge in [0.2, 0.25) is 5.91 Å². The molecule has 1 saturated heterocycles. The van der Waals surface area contributed by atoms with Crippen LogP contribution in [0.3, 0.4) is 0 Å². The van der Waals surface area contributed by atoms with E-state index in [2.05, 4.69) is 5.32 Å². The Hall–Kier alpha value is -4.28. The van der Waals surface area contributed by atoms with Crippen LogP contribution in [0.2, 0.25) is 5.02 Å². The van der Waals surface area contributed by atoms with Gasteiger partial charge in [-0.3, -0.25) is 24.1 Å². The summed E-state index contributed by atoms with van der Waals surface area (Å²) in [6.07, 6.45) is 2.23. The predicted octanol–water partition coefficient (Wildman–Crippen LogP) is 5.30. The van der Waals surface area contributed by atoms with Gasteiger partial charge in [0.1, 0.15) is 6.54 Å². The van der Waals surface area contributed by atoms with Gasteiger partial charge in [0.15, 0.2) is 18.1 Å². The third-order valence-electron chi connectivity index (χ3n) is 6.88. The largest absolute Gasteiger partial charge is 0.493 e. The van der Waals surface area contributed by atoms with E-state index in [9.17, 15) is 19.2 Å². The quantitative estimate of drug-likeness (QED) is 0.348. The number of benzene rings is 3. The average Bonchev–Trinajstić information content (AvgIpc) is 3.24. The molecule has 2 heterocycles. The summed E-state index contributed by atoms with van der Waals surface area (Å²) >= 11 is 7.21. The van der Waals surface area contributed by atoms with Crippen molar-refractivity contribution in [2.24, 2.45) is 0 Å². The fraction of sp³-hybridized carbons (Fsp3) is 0.226. The van der Waals surface area contributed by atoms with E-state index in [1.807, 2.05) is 43.3 Å². The van der Waals surface area contributed by atoms with E-state index >= 15 is 0 Å². The van der Waals surface area contributed by atoms with Gasteiger partial charge in [0.25, 0.3) is 17.1 Å². The van der Waals surface area contributed by atoms with Crippen LogP contribution in [0.4, 0.5) is 10.5 Å². The minimum atomic E-state index is -0.557. The molecule has 216 valence electrons. The van der Waals surface area contributed by atoms with Crippen LogP contribution in [0.1, 0.15) is 22.3 Å². The summed E-state index contributed by atoms with van der Waals surface area (Å²) in [6.45, 7) is 2.29. The summed E-state index contributed by atoms with van der Waals surface area (Å²) in [7, 11) is 1.42. The Morgan fingerprint density at radius 2 is 1.81 bits per heavy atom. The molecule has 1 N–H and O–H groups in total. The van der Waals surface area contributed by atoms with Crippen molar-refractivity contribution in [2.75, 3.05) is 32.1 Å². The molecule has 2 aliphatic heterocycles. The van der Waals surface area contributed by atoms with Crippen molar-refractivity contribution >= 4 is 58.1 Å². The van der Waals surface area contributed by atoms with Crippen LogP contribution in [0.25, 0.3) is 6.08 Å². The van der Waals surface area contributed by atoms with Gasteiger partial charge in [-0.2, -0.15) is 0 Å². The molecule has 2 aliphatic rings. The molecule has 4 amide bonds. The zero-order valence-electron chi connectivity index (χ0n) is 23.0. The molecule has 3 aromatic rings. The number of aryl methyl sites for hydroxylation is 1. The first-order chi connectivity index (χ1) is 20.2. The number of halogens is 1. The highest BCUT2D eigenvalue weighted by Gasteiger charge is 2.37. The minimum Gasteiger partial charge on any atom is -0.493 e. The van der Waals surface area contributed by atoms with Gasteiger partial charge < -0.3 is 19.7 Å². The maximum Gasteiger partial charge on any atom is 0.294 e. The number of anilines is 1. The topological polar surface area (TPSA) is 105 Å². The van der Waals surface area contributed by atoms with Gasteiger partial charge >= 0.3 is 0 Å². The van der Waals surface area contributed by atoms with Crippen LogP contribution in [0, 0.1) is 6.92 Å². The van der Waals surface area contributed by atoms with Crippen molar-refractivity contribution in [3.63, 3.8) is 0 Å². The summed E-state index contributed by atoms with van der Waals surface area (Å²) in [5.74, 6) is -0.809. The molecule has 0 spiro atoms. The lowest BCUT2D eigenvalue weighted by atomic mass is 10.00. The number of ether oxygens (including phenoxy) is 2. The molecule has 0 aromatic heterocycles. The monoisotopic (exact) mass is 605 g/mol. The lowest BCUT2D eigenvalue weighted by molar-refractivity contribution is -0.136. The molecule has 0 saturated carbocycles. The molecule has 0 aliphatic carbocycles. The highest BCUT2D eigenvalue weighted by Crippen LogP contribution is 2.39. The van der Waals surface area contributed by atoms with Crippen molar-refractivity contribution in [2.45, 2.75) is 19.9 Å². The maximum absolute atomic E-state index is 13.1. The van der Waals surface area contributed by atoms with Gasteiger partial charge in [-0.1, -0.05) is 53.6 Å². The summed E-state index contributed by atoms with van der Waals surface area (Å²) in [5, 5.41) is 2.38.